The minimum Gasteiger partial charge on any atom is -0.477 e. The highest BCUT2D eigenvalue weighted by Gasteiger charge is 2.31. The number of aromatic nitrogens is 2. The van der Waals surface area contributed by atoms with Crippen molar-refractivity contribution in [2.75, 3.05) is 0 Å². The largest absolute Gasteiger partial charge is 0.477 e. The monoisotopic (exact) mass is 378 g/mol. The molecule has 27 heavy (non-hydrogen) atoms. The van der Waals surface area contributed by atoms with Gasteiger partial charge in [0.05, 0.1) is 16.8 Å². The third-order valence-electron chi connectivity index (χ3n) is 4.06. The van der Waals surface area contributed by atoms with E-state index in [1.165, 1.54) is 38.2 Å². The third kappa shape index (κ3) is 3.23. The van der Waals surface area contributed by atoms with Crippen LogP contribution in [0.25, 0.3) is 17.0 Å². The lowest BCUT2D eigenvalue weighted by Crippen LogP contribution is -2.26. The van der Waals surface area contributed by atoms with Gasteiger partial charge in [0.2, 0.25) is 5.88 Å². The number of carboxylic acids is 1. The average molecular weight is 378 g/mol. The van der Waals surface area contributed by atoms with Crippen molar-refractivity contribution in [2.24, 2.45) is 0 Å². The number of hydrogen-bond acceptors (Lipinski definition) is 4. The molecule has 0 spiro atoms. The summed E-state index contributed by atoms with van der Waals surface area (Å²) in [7, 11) is 0. The van der Waals surface area contributed by atoms with Crippen LogP contribution >= 0.6 is 0 Å². The fraction of sp³-hybridized carbons (Fsp3) is 0.167. The first-order valence-electron chi connectivity index (χ1n) is 7.71. The van der Waals surface area contributed by atoms with Crippen LogP contribution in [-0.4, -0.2) is 20.8 Å². The summed E-state index contributed by atoms with van der Waals surface area (Å²) in [6.45, 7) is 2.98. The second-order valence-electron chi connectivity index (χ2n) is 5.88. The Kier molecular flexibility index (Phi) is 4.38. The van der Waals surface area contributed by atoms with Gasteiger partial charge in [-0.25, -0.2) is 4.79 Å². The van der Waals surface area contributed by atoms with Crippen molar-refractivity contribution in [1.29, 1.82) is 0 Å². The quantitative estimate of drug-likeness (QED) is 0.749. The number of hydrogen-bond donors (Lipinski definition) is 1. The van der Waals surface area contributed by atoms with E-state index in [0.717, 1.165) is 16.7 Å². The van der Waals surface area contributed by atoms with Gasteiger partial charge in [0.15, 0.2) is 0 Å². The highest BCUT2D eigenvalue weighted by molar-refractivity contribution is 5.89. The van der Waals surface area contributed by atoms with Crippen molar-refractivity contribution in [3.8, 4) is 17.0 Å². The number of aromatic carboxylic acids is 1. The number of benzene rings is 1. The van der Waals surface area contributed by atoms with Gasteiger partial charge in [0.25, 0.3) is 5.56 Å². The van der Waals surface area contributed by atoms with Gasteiger partial charge in [0.1, 0.15) is 5.56 Å². The Morgan fingerprint density at radius 2 is 1.93 bits per heavy atom. The van der Waals surface area contributed by atoms with Crippen LogP contribution in [0.5, 0.6) is 0 Å². The van der Waals surface area contributed by atoms with Gasteiger partial charge in [-0.05, 0) is 43.2 Å². The number of carboxylic acid groups (broad SMARTS) is 1. The molecule has 1 N–H and O–H groups in total. The Morgan fingerprint density at radius 3 is 2.56 bits per heavy atom. The summed E-state index contributed by atoms with van der Waals surface area (Å²) in [6.07, 6.45) is -3.25. The molecule has 3 rings (SSSR count). The maximum Gasteiger partial charge on any atom is 0.416 e. The Hall–Kier alpha value is -3.36. The summed E-state index contributed by atoms with van der Waals surface area (Å²) in [6, 6.07) is 5.90. The zero-order valence-electron chi connectivity index (χ0n) is 14.2. The van der Waals surface area contributed by atoms with Crippen LogP contribution in [0.2, 0.25) is 0 Å². The van der Waals surface area contributed by atoms with Crippen LogP contribution in [-0.2, 0) is 6.18 Å². The molecule has 9 heteroatoms. The van der Waals surface area contributed by atoms with Crippen molar-refractivity contribution in [3.05, 3.63) is 69.3 Å². The molecule has 0 amide bonds. The fourth-order valence-corrected chi connectivity index (χ4v) is 2.75. The summed E-state index contributed by atoms with van der Waals surface area (Å²) in [5, 5.41) is 13.0. The Balaban J connectivity index is 2.26. The molecule has 0 fully saturated rings. The molecule has 2 aromatic heterocycles. The molecule has 0 radical (unpaired) electrons. The lowest BCUT2D eigenvalue weighted by atomic mass is 10.0. The van der Waals surface area contributed by atoms with Crippen molar-refractivity contribution >= 4 is 5.97 Å². The maximum atomic E-state index is 13.0. The zero-order chi connectivity index (χ0) is 19.9. The molecule has 0 saturated carbocycles. The number of carbonyl (C=O) groups is 1. The van der Waals surface area contributed by atoms with E-state index >= 15 is 0 Å². The molecular formula is C18H13F3N2O4. The molecule has 0 aliphatic rings. The van der Waals surface area contributed by atoms with Gasteiger partial charge in [-0.3, -0.25) is 9.36 Å². The first kappa shape index (κ1) is 18.4. The van der Waals surface area contributed by atoms with E-state index in [1.54, 1.807) is 0 Å². The summed E-state index contributed by atoms with van der Waals surface area (Å²) in [5.41, 5.74) is -1.37. The van der Waals surface area contributed by atoms with Crippen LogP contribution in [0.3, 0.4) is 0 Å². The molecule has 140 valence electrons. The lowest BCUT2D eigenvalue weighted by Gasteiger charge is -2.10. The molecule has 3 aromatic rings. The molecule has 2 heterocycles. The van der Waals surface area contributed by atoms with Crippen LogP contribution in [0.15, 0.2) is 45.8 Å². The average Bonchev–Trinajstić information content (AvgIpc) is 2.95. The second-order valence-corrected chi connectivity index (χ2v) is 5.88. The Morgan fingerprint density at radius 1 is 1.22 bits per heavy atom. The number of aryl methyl sites for hydroxylation is 2. The van der Waals surface area contributed by atoms with E-state index in [2.05, 4.69) is 5.16 Å². The Bertz CT molecular complexity index is 1100. The van der Waals surface area contributed by atoms with Crippen LogP contribution in [0.1, 0.15) is 27.2 Å². The number of rotatable bonds is 3. The maximum absolute atomic E-state index is 13.0. The molecule has 0 saturated heterocycles. The zero-order valence-corrected chi connectivity index (χ0v) is 14.2. The smallest absolute Gasteiger partial charge is 0.416 e. The van der Waals surface area contributed by atoms with Gasteiger partial charge in [-0.15, -0.1) is 0 Å². The number of alkyl halides is 3. The van der Waals surface area contributed by atoms with E-state index in [9.17, 15) is 27.9 Å². The number of halogens is 3. The fourth-order valence-electron chi connectivity index (χ4n) is 2.75. The first-order chi connectivity index (χ1) is 12.6. The first-order valence-corrected chi connectivity index (χ1v) is 7.71. The summed E-state index contributed by atoms with van der Waals surface area (Å²) in [4.78, 5) is 23.9. The van der Waals surface area contributed by atoms with E-state index in [1.807, 2.05) is 0 Å². The SMILES string of the molecule is Cc1ccn(-c2onc(C)c2-c2cccc(C(F)(F)F)c2)c(=O)c1C(=O)O. The molecule has 6 nitrogen and oxygen atoms in total. The third-order valence-corrected chi connectivity index (χ3v) is 4.06. The molecule has 1 aromatic carbocycles. The topological polar surface area (TPSA) is 85.3 Å². The van der Waals surface area contributed by atoms with E-state index in [-0.39, 0.29) is 28.3 Å². The number of pyridine rings is 1. The summed E-state index contributed by atoms with van der Waals surface area (Å²) in [5.74, 6) is -1.57. The highest BCUT2D eigenvalue weighted by Crippen LogP contribution is 2.35. The Labute approximate surface area is 150 Å². The van der Waals surface area contributed by atoms with Crippen molar-refractivity contribution in [1.82, 2.24) is 9.72 Å². The molecule has 0 aliphatic heterocycles. The molecule has 0 atom stereocenters. The summed E-state index contributed by atoms with van der Waals surface area (Å²) >= 11 is 0. The van der Waals surface area contributed by atoms with Crippen molar-refractivity contribution in [3.63, 3.8) is 0 Å². The lowest BCUT2D eigenvalue weighted by molar-refractivity contribution is -0.137. The van der Waals surface area contributed by atoms with E-state index in [4.69, 9.17) is 4.52 Å². The van der Waals surface area contributed by atoms with Gasteiger partial charge in [0, 0.05) is 6.20 Å². The van der Waals surface area contributed by atoms with Crippen molar-refractivity contribution < 1.29 is 27.6 Å². The molecular weight excluding hydrogens is 365 g/mol. The van der Waals surface area contributed by atoms with Crippen molar-refractivity contribution in [2.45, 2.75) is 20.0 Å². The van der Waals surface area contributed by atoms with Gasteiger partial charge in [-0.1, -0.05) is 17.3 Å². The minimum absolute atomic E-state index is 0.142. The highest BCUT2D eigenvalue weighted by atomic mass is 19.4. The van der Waals surface area contributed by atoms with E-state index < -0.39 is 28.8 Å². The van der Waals surface area contributed by atoms with Crippen LogP contribution < -0.4 is 5.56 Å². The molecule has 0 aliphatic carbocycles. The normalized spacial score (nSPS) is 11.6. The standard InChI is InChI=1S/C18H13F3N2O4/c1-9-6-7-23(15(24)13(9)17(25)26)16-14(10(2)22-27-16)11-4-3-5-12(8-11)18(19,20)21/h3-8H,1-2H3,(H,25,26). The number of nitrogens with zero attached hydrogens (tertiary/aromatic N) is 2. The van der Waals surface area contributed by atoms with Gasteiger partial charge in [-0.2, -0.15) is 13.2 Å². The van der Waals surface area contributed by atoms with E-state index in [0.29, 0.717) is 0 Å². The van der Waals surface area contributed by atoms with Gasteiger partial charge >= 0.3 is 12.1 Å². The molecule has 0 bridgehead atoms. The predicted octanol–water partition coefficient (Wildman–Crippen LogP) is 3.83. The predicted molar refractivity (Wildman–Crippen MR) is 89.0 cm³/mol. The molecule has 0 unspecified atom stereocenters. The summed E-state index contributed by atoms with van der Waals surface area (Å²) < 4.78 is 45.2. The second kappa shape index (κ2) is 6.42. The minimum atomic E-state index is -4.54. The van der Waals surface area contributed by atoms with Gasteiger partial charge < -0.3 is 9.63 Å². The van der Waals surface area contributed by atoms with Crippen LogP contribution in [0, 0.1) is 13.8 Å². The van der Waals surface area contributed by atoms with Crippen LogP contribution in [0.4, 0.5) is 13.2 Å².